The first-order valence-corrected chi connectivity index (χ1v) is 9.52. The smallest absolute Gasteiger partial charge is 0.125 e. The van der Waals surface area contributed by atoms with Crippen molar-refractivity contribution in [3.8, 4) is 5.75 Å². The van der Waals surface area contributed by atoms with Crippen molar-refractivity contribution >= 4 is 0 Å². The summed E-state index contributed by atoms with van der Waals surface area (Å²) < 4.78 is 11.6. The van der Waals surface area contributed by atoms with E-state index in [-0.39, 0.29) is 12.1 Å². The van der Waals surface area contributed by atoms with E-state index in [1.165, 1.54) is 5.56 Å². The van der Waals surface area contributed by atoms with E-state index >= 15 is 0 Å². The Kier molecular flexibility index (Phi) is 4.98. The number of fused-ring (bicyclic) bond motifs is 2. The number of para-hydroxylation sites is 1. The lowest BCUT2D eigenvalue weighted by Gasteiger charge is -2.52. The Morgan fingerprint density at radius 2 is 1.69 bits per heavy atom. The highest BCUT2D eigenvalue weighted by Crippen LogP contribution is 2.44. The maximum Gasteiger partial charge on any atom is 0.125 e. The normalized spacial score (nSPS) is 28.7. The summed E-state index contributed by atoms with van der Waals surface area (Å²) in [6.45, 7) is 4.82. The molecule has 0 aromatic heterocycles. The Bertz CT molecular complexity index is 719. The minimum atomic E-state index is -0.863. The van der Waals surface area contributed by atoms with Gasteiger partial charge in [-0.15, -0.1) is 0 Å². The fraction of sp³-hybridized carbons (Fsp3) is 0.455. The quantitative estimate of drug-likeness (QED) is 0.895. The summed E-state index contributed by atoms with van der Waals surface area (Å²) in [5, 5.41) is 11.6. The van der Waals surface area contributed by atoms with Gasteiger partial charge in [-0.2, -0.15) is 0 Å². The summed E-state index contributed by atoms with van der Waals surface area (Å²) in [6, 6.07) is 18.9. The molecule has 138 valence electrons. The summed E-state index contributed by atoms with van der Waals surface area (Å²) in [5.41, 5.74) is 1.36. The zero-order valence-corrected chi connectivity index (χ0v) is 15.3. The molecule has 2 bridgehead atoms. The van der Waals surface area contributed by atoms with Crippen LogP contribution in [0.5, 0.6) is 5.75 Å². The van der Waals surface area contributed by atoms with Crippen LogP contribution in [0.4, 0.5) is 0 Å². The highest BCUT2D eigenvalue weighted by molar-refractivity contribution is 5.39. The Morgan fingerprint density at radius 3 is 2.38 bits per heavy atom. The van der Waals surface area contributed by atoms with Gasteiger partial charge < -0.3 is 14.6 Å². The standard InChI is InChI=1S/C22H27NO3/c1-2-26-21-11-7-6-10-20(21)22(24)12-18-15-25-16-19(13-22)23(18)14-17-8-4-3-5-9-17/h3-11,18-19,24H,2,12-16H2,1H3. The van der Waals surface area contributed by atoms with Gasteiger partial charge in [0, 0.05) is 24.2 Å². The lowest BCUT2D eigenvalue weighted by Crippen LogP contribution is -2.60. The van der Waals surface area contributed by atoms with Crippen molar-refractivity contribution in [3.05, 3.63) is 65.7 Å². The summed E-state index contributed by atoms with van der Waals surface area (Å²) in [7, 11) is 0. The molecule has 26 heavy (non-hydrogen) atoms. The fourth-order valence-corrected chi connectivity index (χ4v) is 4.45. The van der Waals surface area contributed by atoms with E-state index in [4.69, 9.17) is 9.47 Å². The lowest BCUT2D eigenvalue weighted by atomic mass is 9.76. The molecule has 2 aliphatic rings. The third kappa shape index (κ3) is 3.37. The summed E-state index contributed by atoms with van der Waals surface area (Å²) >= 11 is 0. The Balaban J connectivity index is 1.59. The van der Waals surface area contributed by atoms with Crippen molar-refractivity contribution in [1.29, 1.82) is 0 Å². The molecule has 2 saturated heterocycles. The third-order valence-electron chi connectivity index (χ3n) is 5.60. The first kappa shape index (κ1) is 17.5. The molecule has 0 radical (unpaired) electrons. The molecular formula is C22H27NO3. The number of hydrogen-bond donors (Lipinski definition) is 1. The van der Waals surface area contributed by atoms with Crippen LogP contribution in [0.1, 0.15) is 30.9 Å². The van der Waals surface area contributed by atoms with Crippen LogP contribution in [0.3, 0.4) is 0 Å². The highest BCUT2D eigenvalue weighted by atomic mass is 16.5. The molecule has 4 heteroatoms. The number of rotatable bonds is 5. The highest BCUT2D eigenvalue weighted by Gasteiger charge is 2.47. The van der Waals surface area contributed by atoms with Crippen LogP contribution in [-0.2, 0) is 16.9 Å². The largest absolute Gasteiger partial charge is 0.493 e. The van der Waals surface area contributed by atoms with Gasteiger partial charge in [-0.1, -0.05) is 48.5 Å². The molecule has 1 N–H and O–H groups in total. The molecule has 0 saturated carbocycles. The van der Waals surface area contributed by atoms with E-state index in [2.05, 4.69) is 29.2 Å². The maximum atomic E-state index is 11.6. The lowest BCUT2D eigenvalue weighted by molar-refractivity contribution is -0.150. The number of ether oxygens (including phenoxy) is 2. The second-order valence-corrected chi connectivity index (χ2v) is 7.37. The number of aliphatic hydroxyl groups is 1. The molecule has 2 fully saturated rings. The molecule has 2 unspecified atom stereocenters. The Labute approximate surface area is 155 Å². The van der Waals surface area contributed by atoms with E-state index in [0.717, 1.165) is 17.9 Å². The van der Waals surface area contributed by atoms with Crippen LogP contribution < -0.4 is 4.74 Å². The van der Waals surface area contributed by atoms with Crippen molar-refractivity contribution < 1.29 is 14.6 Å². The zero-order chi connectivity index (χ0) is 18.0. The molecule has 4 rings (SSSR count). The minimum Gasteiger partial charge on any atom is -0.493 e. The van der Waals surface area contributed by atoms with Crippen molar-refractivity contribution in [1.82, 2.24) is 4.90 Å². The van der Waals surface area contributed by atoms with Gasteiger partial charge in [0.2, 0.25) is 0 Å². The first-order valence-electron chi connectivity index (χ1n) is 9.52. The van der Waals surface area contributed by atoms with Crippen LogP contribution in [-0.4, -0.2) is 41.9 Å². The summed E-state index contributed by atoms with van der Waals surface area (Å²) in [4.78, 5) is 2.51. The topological polar surface area (TPSA) is 41.9 Å². The number of benzene rings is 2. The molecule has 2 aromatic carbocycles. The van der Waals surface area contributed by atoms with Crippen LogP contribution in [0.25, 0.3) is 0 Å². The van der Waals surface area contributed by atoms with Crippen LogP contribution in [0, 0.1) is 0 Å². The minimum absolute atomic E-state index is 0.211. The van der Waals surface area contributed by atoms with Crippen molar-refractivity contribution in [2.45, 2.75) is 44.0 Å². The first-order chi connectivity index (χ1) is 12.7. The SMILES string of the molecule is CCOc1ccccc1C1(O)CC2COCC(C1)N2Cc1ccccc1. The van der Waals surface area contributed by atoms with Crippen LogP contribution >= 0.6 is 0 Å². The van der Waals surface area contributed by atoms with Crippen LogP contribution in [0.15, 0.2) is 54.6 Å². The van der Waals surface area contributed by atoms with Crippen LogP contribution in [0.2, 0.25) is 0 Å². The van der Waals surface area contributed by atoms with E-state index in [0.29, 0.717) is 32.7 Å². The summed E-state index contributed by atoms with van der Waals surface area (Å²) in [6.07, 6.45) is 1.33. The second-order valence-electron chi connectivity index (χ2n) is 7.37. The van der Waals surface area contributed by atoms with Crippen molar-refractivity contribution in [2.75, 3.05) is 19.8 Å². The summed E-state index contributed by atoms with van der Waals surface area (Å²) in [5.74, 6) is 0.799. The van der Waals surface area contributed by atoms with Gasteiger partial charge in [-0.3, -0.25) is 4.90 Å². The van der Waals surface area contributed by atoms with E-state index in [1.807, 2.05) is 37.3 Å². The zero-order valence-electron chi connectivity index (χ0n) is 15.3. The van der Waals surface area contributed by atoms with Gasteiger partial charge in [-0.05, 0) is 31.4 Å². The van der Waals surface area contributed by atoms with Gasteiger partial charge in [-0.25, -0.2) is 0 Å². The molecule has 0 spiro atoms. The predicted molar refractivity (Wildman–Crippen MR) is 101 cm³/mol. The number of nitrogens with zero attached hydrogens (tertiary/aromatic N) is 1. The number of piperidine rings is 1. The van der Waals surface area contributed by atoms with Gasteiger partial charge in [0.15, 0.2) is 0 Å². The monoisotopic (exact) mass is 353 g/mol. The van der Waals surface area contributed by atoms with E-state index in [9.17, 15) is 5.11 Å². The van der Waals surface area contributed by atoms with Gasteiger partial charge in [0.1, 0.15) is 5.75 Å². The molecule has 2 atom stereocenters. The molecule has 2 aromatic rings. The molecule has 4 nitrogen and oxygen atoms in total. The third-order valence-corrected chi connectivity index (χ3v) is 5.60. The Morgan fingerprint density at radius 1 is 1.04 bits per heavy atom. The van der Waals surface area contributed by atoms with E-state index < -0.39 is 5.60 Å². The van der Waals surface area contributed by atoms with Crippen molar-refractivity contribution in [3.63, 3.8) is 0 Å². The number of hydrogen-bond acceptors (Lipinski definition) is 4. The van der Waals surface area contributed by atoms with Crippen molar-refractivity contribution in [2.24, 2.45) is 0 Å². The fourth-order valence-electron chi connectivity index (χ4n) is 4.45. The maximum absolute atomic E-state index is 11.6. The van der Waals surface area contributed by atoms with Gasteiger partial charge >= 0.3 is 0 Å². The molecular weight excluding hydrogens is 326 g/mol. The second kappa shape index (κ2) is 7.39. The average molecular weight is 353 g/mol. The van der Waals surface area contributed by atoms with Gasteiger partial charge in [0.05, 0.1) is 25.4 Å². The number of morpholine rings is 1. The average Bonchev–Trinajstić information content (AvgIpc) is 2.64. The predicted octanol–water partition coefficient (Wildman–Crippen LogP) is 3.34. The molecule has 2 aliphatic heterocycles. The van der Waals surface area contributed by atoms with Gasteiger partial charge in [0.25, 0.3) is 0 Å². The van der Waals surface area contributed by atoms with E-state index in [1.54, 1.807) is 0 Å². The Hall–Kier alpha value is -1.88. The molecule has 0 amide bonds. The molecule has 2 heterocycles. The molecule has 0 aliphatic carbocycles.